The van der Waals surface area contributed by atoms with E-state index in [0.29, 0.717) is 5.56 Å². The minimum atomic E-state index is -0.958. The number of benzene rings is 2. The van der Waals surface area contributed by atoms with Crippen molar-refractivity contribution in [3.63, 3.8) is 0 Å². The monoisotopic (exact) mass is 334 g/mol. The summed E-state index contributed by atoms with van der Waals surface area (Å²) in [6.45, 7) is 0. The number of rotatable bonds is 6. The van der Waals surface area contributed by atoms with E-state index in [-0.39, 0.29) is 35.7 Å². The Labute approximate surface area is 136 Å². The standard InChI is InChI=1S/C16H14O8/c17-11-4-3-10(8-12(11)18)16(22)24-23-14-5-1-9(7-13(14)19)2-6-15(20)21/h1,3-5,7-8,17-19H,2,6H2,(H,20,21). The molecule has 0 saturated heterocycles. The van der Waals surface area contributed by atoms with Gasteiger partial charge in [0.05, 0.1) is 5.56 Å². The first kappa shape index (κ1) is 16.9. The van der Waals surface area contributed by atoms with Crippen LogP contribution in [0.25, 0.3) is 0 Å². The maximum absolute atomic E-state index is 11.8. The van der Waals surface area contributed by atoms with Crippen LogP contribution in [0, 0.1) is 0 Å². The summed E-state index contributed by atoms with van der Waals surface area (Å²) in [6, 6.07) is 7.48. The minimum Gasteiger partial charge on any atom is -0.504 e. The van der Waals surface area contributed by atoms with Crippen molar-refractivity contribution in [3.05, 3.63) is 47.5 Å². The Kier molecular flexibility index (Phi) is 5.10. The molecule has 0 saturated carbocycles. The molecular weight excluding hydrogens is 320 g/mol. The van der Waals surface area contributed by atoms with Crippen LogP contribution in [0.2, 0.25) is 0 Å². The Morgan fingerprint density at radius 2 is 1.67 bits per heavy atom. The van der Waals surface area contributed by atoms with Crippen molar-refractivity contribution in [2.45, 2.75) is 12.8 Å². The summed E-state index contributed by atoms with van der Waals surface area (Å²) >= 11 is 0. The van der Waals surface area contributed by atoms with Gasteiger partial charge < -0.3 is 20.4 Å². The number of hydrogen-bond acceptors (Lipinski definition) is 7. The number of phenolic OH excluding ortho intramolecular Hbond substituents is 3. The number of carbonyl (C=O) groups is 2. The third-order valence-electron chi connectivity index (χ3n) is 3.07. The Hall–Kier alpha value is -3.42. The molecule has 126 valence electrons. The van der Waals surface area contributed by atoms with Crippen LogP contribution in [0.5, 0.6) is 23.0 Å². The van der Waals surface area contributed by atoms with Gasteiger partial charge in [0, 0.05) is 6.42 Å². The van der Waals surface area contributed by atoms with Crippen molar-refractivity contribution in [2.75, 3.05) is 0 Å². The van der Waals surface area contributed by atoms with Crippen LogP contribution in [-0.2, 0) is 16.1 Å². The average molecular weight is 334 g/mol. The zero-order valence-corrected chi connectivity index (χ0v) is 12.3. The molecule has 8 heteroatoms. The Morgan fingerprint density at radius 1 is 0.917 bits per heavy atom. The van der Waals surface area contributed by atoms with Gasteiger partial charge in [-0.2, -0.15) is 0 Å². The second-order valence-corrected chi connectivity index (χ2v) is 4.85. The Morgan fingerprint density at radius 3 is 2.29 bits per heavy atom. The molecule has 2 aromatic carbocycles. The van der Waals surface area contributed by atoms with Crippen LogP contribution < -0.4 is 4.89 Å². The van der Waals surface area contributed by atoms with Crippen LogP contribution in [0.1, 0.15) is 22.3 Å². The molecule has 0 aliphatic carbocycles. The lowest BCUT2D eigenvalue weighted by Crippen LogP contribution is -2.08. The van der Waals surface area contributed by atoms with E-state index in [0.717, 1.165) is 12.1 Å². The maximum Gasteiger partial charge on any atom is 0.386 e. The molecule has 0 spiro atoms. The van der Waals surface area contributed by atoms with Gasteiger partial charge in [-0.1, -0.05) is 6.07 Å². The molecule has 8 nitrogen and oxygen atoms in total. The zero-order valence-electron chi connectivity index (χ0n) is 12.3. The van der Waals surface area contributed by atoms with Gasteiger partial charge in [0.15, 0.2) is 17.2 Å². The van der Waals surface area contributed by atoms with E-state index in [2.05, 4.69) is 4.89 Å². The molecular formula is C16H14O8. The van der Waals surface area contributed by atoms with Crippen LogP contribution in [0.15, 0.2) is 36.4 Å². The topological polar surface area (TPSA) is 134 Å². The van der Waals surface area contributed by atoms with E-state index in [9.17, 15) is 24.9 Å². The van der Waals surface area contributed by atoms with Gasteiger partial charge >= 0.3 is 11.9 Å². The molecule has 0 heterocycles. The second-order valence-electron chi connectivity index (χ2n) is 4.85. The van der Waals surface area contributed by atoms with Crippen LogP contribution in [0.3, 0.4) is 0 Å². The van der Waals surface area contributed by atoms with Crippen LogP contribution in [0.4, 0.5) is 0 Å². The predicted octanol–water partition coefficient (Wildman–Crippen LogP) is 1.97. The lowest BCUT2D eigenvalue weighted by Gasteiger charge is -2.08. The SMILES string of the molecule is O=C(O)CCc1ccc(OOC(=O)c2ccc(O)c(O)c2)c(O)c1. The normalized spacial score (nSPS) is 10.2. The quantitative estimate of drug-likeness (QED) is 0.358. The van der Waals surface area contributed by atoms with Crippen molar-refractivity contribution in [2.24, 2.45) is 0 Å². The molecule has 24 heavy (non-hydrogen) atoms. The first-order chi connectivity index (χ1) is 11.4. The highest BCUT2D eigenvalue weighted by Crippen LogP contribution is 2.28. The van der Waals surface area contributed by atoms with E-state index in [1.54, 1.807) is 0 Å². The number of aliphatic carboxylic acids is 1. The van der Waals surface area contributed by atoms with E-state index >= 15 is 0 Å². The molecule has 2 rings (SSSR count). The number of aromatic hydroxyl groups is 3. The van der Waals surface area contributed by atoms with Crippen LogP contribution >= 0.6 is 0 Å². The van der Waals surface area contributed by atoms with Crippen molar-refractivity contribution in [1.82, 2.24) is 0 Å². The largest absolute Gasteiger partial charge is 0.504 e. The fraction of sp³-hybridized carbons (Fsp3) is 0.125. The fourth-order valence-corrected chi connectivity index (χ4v) is 1.82. The van der Waals surface area contributed by atoms with Crippen LogP contribution in [-0.4, -0.2) is 32.4 Å². The third kappa shape index (κ3) is 4.29. The molecule has 0 atom stereocenters. The van der Waals surface area contributed by atoms with Crippen molar-refractivity contribution in [1.29, 1.82) is 0 Å². The van der Waals surface area contributed by atoms with Crippen molar-refractivity contribution < 1.29 is 39.8 Å². The number of carbonyl (C=O) groups excluding carboxylic acids is 1. The summed E-state index contributed by atoms with van der Waals surface area (Å²) in [5.74, 6) is -3.23. The summed E-state index contributed by atoms with van der Waals surface area (Å²) in [5, 5.41) is 36.9. The molecule has 0 aliphatic heterocycles. The highest BCUT2D eigenvalue weighted by molar-refractivity contribution is 5.89. The molecule has 0 aromatic heterocycles. The molecule has 4 N–H and O–H groups in total. The number of carboxylic acids is 1. The average Bonchev–Trinajstić information content (AvgIpc) is 2.54. The Balaban J connectivity index is 1.99. The van der Waals surface area contributed by atoms with E-state index in [4.69, 9.17) is 9.99 Å². The summed E-state index contributed by atoms with van der Waals surface area (Å²) in [6.07, 6.45) is 0.148. The van der Waals surface area contributed by atoms with E-state index in [1.807, 2.05) is 0 Å². The van der Waals surface area contributed by atoms with Gasteiger partial charge in [-0.15, -0.1) is 0 Å². The fourth-order valence-electron chi connectivity index (χ4n) is 1.82. The molecule has 2 aromatic rings. The molecule has 0 amide bonds. The van der Waals surface area contributed by atoms with Gasteiger partial charge in [-0.3, -0.25) is 9.68 Å². The maximum atomic E-state index is 11.8. The van der Waals surface area contributed by atoms with Gasteiger partial charge in [-0.25, -0.2) is 9.68 Å². The molecule has 0 bridgehead atoms. The molecule has 0 radical (unpaired) electrons. The van der Waals surface area contributed by atoms with Gasteiger partial charge in [0.1, 0.15) is 0 Å². The van der Waals surface area contributed by atoms with E-state index < -0.39 is 17.7 Å². The summed E-state index contributed by atoms with van der Waals surface area (Å²) < 4.78 is 0. The van der Waals surface area contributed by atoms with Gasteiger partial charge in [-0.05, 0) is 42.3 Å². The number of carboxylic acid groups (broad SMARTS) is 1. The Bertz CT molecular complexity index is 769. The highest BCUT2D eigenvalue weighted by Gasteiger charge is 2.14. The smallest absolute Gasteiger partial charge is 0.386 e. The molecule has 0 fully saturated rings. The summed E-state index contributed by atoms with van der Waals surface area (Å²) in [7, 11) is 0. The lowest BCUT2D eigenvalue weighted by atomic mass is 10.1. The number of hydrogen-bond donors (Lipinski definition) is 4. The second kappa shape index (κ2) is 7.23. The molecule has 0 aliphatic rings. The van der Waals surface area contributed by atoms with Crippen molar-refractivity contribution in [3.8, 4) is 23.0 Å². The first-order valence-corrected chi connectivity index (χ1v) is 6.81. The first-order valence-electron chi connectivity index (χ1n) is 6.81. The third-order valence-corrected chi connectivity index (χ3v) is 3.07. The minimum absolute atomic E-state index is 0.0668. The lowest BCUT2D eigenvalue weighted by molar-refractivity contribution is -0.150. The number of aryl methyl sites for hydroxylation is 1. The number of phenols is 3. The van der Waals surface area contributed by atoms with Gasteiger partial charge in [0.25, 0.3) is 0 Å². The summed E-state index contributed by atoms with van der Waals surface area (Å²) in [4.78, 5) is 31.5. The molecule has 0 unspecified atom stereocenters. The van der Waals surface area contributed by atoms with Crippen molar-refractivity contribution >= 4 is 11.9 Å². The zero-order chi connectivity index (χ0) is 17.7. The highest BCUT2D eigenvalue weighted by atomic mass is 17.2. The van der Waals surface area contributed by atoms with Gasteiger partial charge in [0.2, 0.25) is 5.75 Å². The summed E-state index contributed by atoms with van der Waals surface area (Å²) in [5.41, 5.74) is 0.514. The predicted molar refractivity (Wildman–Crippen MR) is 79.9 cm³/mol. The van der Waals surface area contributed by atoms with E-state index in [1.165, 1.54) is 24.3 Å².